The van der Waals surface area contributed by atoms with E-state index in [-0.39, 0.29) is 18.1 Å². The highest BCUT2D eigenvalue weighted by atomic mass is 16.5. The van der Waals surface area contributed by atoms with Crippen LogP contribution >= 0.6 is 0 Å². The molecule has 1 fully saturated rings. The minimum atomic E-state index is -0.253. The van der Waals surface area contributed by atoms with E-state index in [1.165, 1.54) is 5.69 Å². The first-order chi connectivity index (χ1) is 15.6. The van der Waals surface area contributed by atoms with Crippen molar-refractivity contribution in [3.05, 3.63) is 72.7 Å². The summed E-state index contributed by atoms with van der Waals surface area (Å²) in [7, 11) is 0. The molecule has 2 aliphatic rings. The van der Waals surface area contributed by atoms with E-state index in [1.807, 2.05) is 47.5 Å². The van der Waals surface area contributed by atoms with Gasteiger partial charge in [-0.1, -0.05) is 32.0 Å². The van der Waals surface area contributed by atoms with Gasteiger partial charge in [0.15, 0.2) is 12.4 Å². The number of aromatic nitrogens is 2. The Labute approximate surface area is 189 Å². The molecule has 3 aromatic rings. The summed E-state index contributed by atoms with van der Waals surface area (Å²) in [5, 5.41) is 0. The van der Waals surface area contributed by atoms with Crippen LogP contribution in [0.4, 0.5) is 5.69 Å². The van der Waals surface area contributed by atoms with Crippen LogP contribution in [0.3, 0.4) is 0 Å². The van der Waals surface area contributed by atoms with Crippen molar-refractivity contribution in [2.45, 2.75) is 32.2 Å². The van der Waals surface area contributed by atoms with Crippen molar-refractivity contribution in [1.29, 1.82) is 0 Å². The first-order valence-electron chi connectivity index (χ1n) is 11.4. The van der Waals surface area contributed by atoms with Gasteiger partial charge in [-0.3, -0.25) is 4.79 Å². The van der Waals surface area contributed by atoms with Crippen LogP contribution in [0.2, 0.25) is 0 Å². The molecule has 0 bridgehead atoms. The number of amides is 1. The Morgan fingerprint density at radius 3 is 2.78 bits per heavy atom. The Morgan fingerprint density at radius 1 is 1.12 bits per heavy atom. The standard InChI is InChI=1S/C26H30N4O2/c1-20(2)12-16-30-22-10-6-14-27-25(22)29-15-7-11-23(29)26(30)13-17-28(19-26)24(31)18-32-21-8-4-3-5-9-21/h3-11,14-15,20H,12-13,16-19H2,1-2H3/t26-/m0/s1. The minimum absolute atomic E-state index is 0.0321. The van der Waals surface area contributed by atoms with Gasteiger partial charge < -0.3 is 19.1 Å². The van der Waals surface area contributed by atoms with Crippen LogP contribution in [0, 0.1) is 5.92 Å². The van der Waals surface area contributed by atoms with Crippen LogP contribution in [0.5, 0.6) is 5.75 Å². The third-order valence-electron chi connectivity index (χ3n) is 6.66. The molecule has 6 heteroatoms. The fraction of sp³-hybridized carbons (Fsp3) is 0.385. The second-order valence-corrected chi connectivity index (χ2v) is 9.14. The molecule has 0 aliphatic carbocycles. The molecule has 0 saturated carbocycles. The number of ether oxygens (including phenoxy) is 1. The van der Waals surface area contributed by atoms with E-state index in [9.17, 15) is 4.79 Å². The molecule has 0 unspecified atom stereocenters. The quantitative estimate of drug-likeness (QED) is 0.587. The van der Waals surface area contributed by atoms with Crippen molar-refractivity contribution in [1.82, 2.24) is 14.5 Å². The Balaban J connectivity index is 1.43. The van der Waals surface area contributed by atoms with Crippen LogP contribution in [0.15, 0.2) is 67.0 Å². The number of pyridine rings is 1. The molecule has 1 atom stereocenters. The molecular formula is C26H30N4O2. The smallest absolute Gasteiger partial charge is 0.260 e. The number of carbonyl (C=O) groups excluding carboxylic acids is 1. The Morgan fingerprint density at radius 2 is 1.97 bits per heavy atom. The lowest BCUT2D eigenvalue weighted by molar-refractivity contribution is -0.132. The van der Waals surface area contributed by atoms with Gasteiger partial charge in [-0.15, -0.1) is 0 Å². The molecule has 0 N–H and O–H groups in total. The average molecular weight is 431 g/mol. The van der Waals surface area contributed by atoms with Crippen molar-refractivity contribution >= 4 is 11.6 Å². The number of carbonyl (C=O) groups is 1. The molecular weight excluding hydrogens is 400 g/mol. The van der Waals surface area contributed by atoms with E-state index in [2.05, 4.69) is 47.7 Å². The third kappa shape index (κ3) is 3.53. The van der Waals surface area contributed by atoms with E-state index in [4.69, 9.17) is 9.72 Å². The third-order valence-corrected chi connectivity index (χ3v) is 6.66. The molecule has 0 radical (unpaired) electrons. The van der Waals surface area contributed by atoms with Gasteiger partial charge >= 0.3 is 0 Å². The van der Waals surface area contributed by atoms with Crippen molar-refractivity contribution in [2.24, 2.45) is 5.92 Å². The number of fused-ring (bicyclic) bond motifs is 4. The molecule has 5 rings (SSSR count). The van der Waals surface area contributed by atoms with Crippen molar-refractivity contribution < 1.29 is 9.53 Å². The van der Waals surface area contributed by atoms with Gasteiger partial charge in [0.1, 0.15) is 11.3 Å². The summed E-state index contributed by atoms with van der Waals surface area (Å²) in [6.07, 6.45) is 5.92. The lowest BCUT2D eigenvalue weighted by Gasteiger charge is -2.47. The summed E-state index contributed by atoms with van der Waals surface area (Å²) in [5.74, 6) is 2.32. The van der Waals surface area contributed by atoms with Crippen LogP contribution in [-0.2, 0) is 10.3 Å². The lowest BCUT2D eigenvalue weighted by atomic mass is 9.88. The first kappa shape index (κ1) is 20.6. The fourth-order valence-electron chi connectivity index (χ4n) is 5.01. The van der Waals surface area contributed by atoms with Crippen LogP contribution < -0.4 is 9.64 Å². The predicted molar refractivity (Wildman–Crippen MR) is 125 cm³/mol. The Kier molecular flexibility index (Phi) is 5.37. The van der Waals surface area contributed by atoms with Crippen molar-refractivity contribution in [2.75, 3.05) is 31.1 Å². The summed E-state index contributed by atoms with van der Waals surface area (Å²) in [6, 6.07) is 18.0. The molecule has 4 heterocycles. The number of anilines is 1. The van der Waals surface area contributed by atoms with Gasteiger partial charge in [0.25, 0.3) is 5.91 Å². The van der Waals surface area contributed by atoms with Crippen molar-refractivity contribution in [3.8, 4) is 11.6 Å². The van der Waals surface area contributed by atoms with Gasteiger partial charge in [-0.05, 0) is 55.2 Å². The first-order valence-corrected chi connectivity index (χ1v) is 11.4. The molecule has 2 aromatic heterocycles. The Hall–Kier alpha value is -3.28. The van der Waals surface area contributed by atoms with Crippen LogP contribution in [0.1, 0.15) is 32.4 Å². The monoisotopic (exact) mass is 430 g/mol. The van der Waals surface area contributed by atoms with Crippen LogP contribution in [-0.4, -0.2) is 46.6 Å². The molecule has 32 heavy (non-hydrogen) atoms. The lowest BCUT2D eigenvalue weighted by Crippen LogP contribution is -2.53. The summed E-state index contributed by atoms with van der Waals surface area (Å²) in [5.41, 5.74) is 2.11. The van der Waals surface area contributed by atoms with Crippen molar-refractivity contribution in [3.63, 3.8) is 0 Å². The van der Waals surface area contributed by atoms with Gasteiger partial charge in [0.05, 0.1) is 11.4 Å². The maximum atomic E-state index is 13.1. The predicted octanol–water partition coefficient (Wildman–Crippen LogP) is 4.25. The molecule has 1 aromatic carbocycles. The van der Waals surface area contributed by atoms with E-state index in [0.717, 1.165) is 43.2 Å². The maximum Gasteiger partial charge on any atom is 0.260 e. The van der Waals surface area contributed by atoms with Gasteiger partial charge in [0, 0.05) is 32.0 Å². The largest absolute Gasteiger partial charge is 0.484 e. The zero-order valence-electron chi connectivity index (χ0n) is 18.8. The zero-order valence-corrected chi connectivity index (χ0v) is 18.8. The molecule has 2 aliphatic heterocycles. The number of hydrogen-bond donors (Lipinski definition) is 0. The number of para-hydroxylation sites is 1. The highest BCUT2D eigenvalue weighted by Crippen LogP contribution is 2.47. The van der Waals surface area contributed by atoms with E-state index in [0.29, 0.717) is 12.5 Å². The minimum Gasteiger partial charge on any atom is -0.484 e. The van der Waals surface area contributed by atoms with Gasteiger partial charge in [-0.2, -0.15) is 0 Å². The molecule has 6 nitrogen and oxygen atoms in total. The van der Waals surface area contributed by atoms with E-state index >= 15 is 0 Å². The number of likely N-dealkylation sites (tertiary alicyclic amines) is 1. The maximum absolute atomic E-state index is 13.1. The summed E-state index contributed by atoms with van der Waals surface area (Å²) >= 11 is 0. The molecule has 1 amide bonds. The summed E-state index contributed by atoms with van der Waals surface area (Å²) < 4.78 is 7.96. The number of hydrogen-bond acceptors (Lipinski definition) is 4. The molecule has 1 saturated heterocycles. The molecule has 1 spiro atoms. The summed E-state index contributed by atoms with van der Waals surface area (Å²) in [6.45, 7) is 6.88. The summed E-state index contributed by atoms with van der Waals surface area (Å²) in [4.78, 5) is 22.3. The topological polar surface area (TPSA) is 50.6 Å². The van der Waals surface area contributed by atoms with Crippen LogP contribution in [0.25, 0.3) is 5.82 Å². The van der Waals surface area contributed by atoms with E-state index in [1.54, 1.807) is 0 Å². The van der Waals surface area contributed by atoms with Gasteiger partial charge in [-0.25, -0.2) is 4.98 Å². The van der Waals surface area contributed by atoms with Gasteiger partial charge in [0.2, 0.25) is 0 Å². The Bertz CT molecular complexity index is 1090. The number of benzene rings is 1. The fourth-order valence-corrected chi connectivity index (χ4v) is 5.01. The highest BCUT2D eigenvalue weighted by molar-refractivity contribution is 5.79. The zero-order chi connectivity index (χ0) is 22.1. The number of nitrogens with zero attached hydrogens (tertiary/aromatic N) is 4. The van der Waals surface area contributed by atoms with E-state index < -0.39 is 0 Å². The SMILES string of the molecule is CC(C)CCN1c2cccnc2-n2cccc2[C@@]12CCN(C(=O)COc1ccccc1)C2. The highest BCUT2D eigenvalue weighted by Gasteiger charge is 2.50. The second kappa shape index (κ2) is 8.34. The number of rotatable bonds is 6. The molecule has 166 valence electrons. The average Bonchev–Trinajstić information content (AvgIpc) is 3.47. The normalized spacial score (nSPS) is 19.3. The second-order valence-electron chi connectivity index (χ2n) is 9.14.